The molecule has 0 spiro atoms. The van der Waals surface area contributed by atoms with Gasteiger partial charge in [-0.05, 0) is 6.42 Å². The third-order valence-electron chi connectivity index (χ3n) is 1.41. The molecule has 98 valence electrons. The Morgan fingerprint density at radius 2 is 1.76 bits per heavy atom. The molecular weight excluding hydrogens is 233 g/mol. The van der Waals surface area contributed by atoms with E-state index >= 15 is 0 Å². The Kier molecular flexibility index (Phi) is 31.4. The average Bonchev–Trinajstić information content (AvgIpc) is 2.17. The van der Waals surface area contributed by atoms with E-state index in [1.54, 1.807) is 0 Å². The van der Waals surface area contributed by atoms with Crippen LogP contribution in [-0.2, 0) is 0 Å². The van der Waals surface area contributed by atoms with Crippen molar-refractivity contribution in [2.45, 2.75) is 39.5 Å². The first-order chi connectivity index (χ1) is 7.08. The van der Waals surface area contributed by atoms with E-state index in [2.05, 4.69) is 31.1 Å². The van der Waals surface area contributed by atoms with Gasteiger partial charge >= 0.3 is 18.9 Å². The van der Waals surface area contributed by atoms with E-state index in [4.69, 9.17) is 16.9 Å². The van der Waals surface area contributed by atoms with Crippen LogP contribution in [0.25, 0.3) is 0 Å². The minimum atomic E-state index is -0.178. The van der Waals surface area contributed by atoms with Gasteiger partial charge in [0.15, 0.2) is 11.9 Å². The molecular formula is C10H25ClLiN5. The quantitative estimate of drug-likeness (QED) is 0.164. The number of hydrogen-bond donors (Lipinski definition) is 4. The average molecular weight is 258 g/mol. The van der Waals surface area contributed by atoms with Crippen LogP contribution < -0.4 is 35.6 Å². The molecule has 0 bridgehead atoms. The SMILES string of the molecule is CCCCN=C(N)NC(=N)N.Cl.[CH2-]CCC.[Li+]. The number of halogens is 1. The zero-order valence-corrected chi connectivity index (χ0v) is 12.1. The Balaban J connectivity index is -0.000000123. The predicted octanol–water partition coefficient (Wildman–Crippen LogP) is -1.37. The number of guanidine groups is 2. The summed E-state index contributed by atoms with van der Waals surface area (Å²) < 4.78 is 0. The van der Waals surface area contributed by atoms with E-state index in [0.29, 0.717) is 6.54 Å². The van der Waals surface area contributed by atoms with E-state index in [9.17, 15) is 0 Å². The maximum atomic E-state index is 6.81. The summed E-state index contributed by atoms with van der Waals surface area (Å²) in [4.78, 5) is 3.92. The zero-order valence-electron chi connectivity index (χ0n) is 11.3. The minimum Gasteiger partial charge on any atom is -0.370 e. The van der Waals surface area contributed by atoms with Crippen molar-refractivity contribution in [2.75, 3.05) is 6.54 Å². The van der Waals surface area contributed by atoms with Gasteiger partial charge in [-0.15, -0.1) is 12.4 Å². The molecule has 17 heavy (non-hydrogen) atoms. The smallest absolute Gasteiger partial charge is 0.370 e. The van der Waals surface area contributed by atoms with Crippen molar-refractivity contribution in [3.8, 4) is 0 Å². The normalized spacial score (nSPS) is 9.00. The van der Waals surface area contributed by atoms with Crippen molar-refractivity contribution in [1.82, 2.24) is 5.32 Å². The van der Waals surface area contributed by atoms with Gasteiger partial charge in [-0.3, -0.25) is 15.7 Å². The second-order valence-corrected chi connectivity index (χ2v) is 3.01. The summed E-state index contributed by atoms with van der Waals surface area (Å²) in [6.45, 7) is 8.48. The van der Waals surface area contributed by atoms with Gasteiger partial charge in [-0.2, -0.15) is 6.42 Å². The van der Waals surface area contributed by atoms with Crippen LogP contribution in [0.2, 0.25) is 0 Å². The second kappa shape index (κ2) is 21.0. The Morgan fingerprint density at radius 1 is 1.29 bits per heavy atom. The maximum Gasteiger partial charge on any atom is 1.00 e. The molecule has 0 aliphatic carbocycles. The second-order valence-electron chi connectivity index (χ2n) is 3.01. The van der Waals surface area contributed by atoms with Gasteiger partial charge in [0.2, 0.25) is 0 Å². The van der Waals surface area contributed by atoms with Crippen LogP contribution in [0.5, 0.6) is 0 Å². The molecule has 5 nitrogen and oxygen atoms in total. The first-order valence-corrected chi connectivity index (χ1v) is 5.28. The monoisotopic (exact) mass is 257 g/mol. The summed E-state index contributed by atoms with van der Waals surface area (Å²) in [5.41, 5.74) is 10.3. The van der Waals surface area contributed by atoms with Gasteiger partial charge < -0.3 is 18.4 Å². The molecule has 0 aliphatic rings. The third-order valence-corrected chi connectivity index (χ3v) is 1.41. The number of hydrogen-bond acceptors (Lipinski definition) is 2. The van der Waals surface area contributed by atoms with Gasteiger partial charge in [0.1, 0.15) is 0 Å². The fourth-order valence-corrected chi connectivity index (χ4v) is 0.535. The molecule has 0 fully saturated rings. The van der Waals surface area contributed by atoms with E-state index in [1.165, 1.54) is 6.42 Å². The Hall–Kier alpha value is -0.373. The number of unbranched alkanes of at least 4 members (excludes halogenated alkanes) is 2. The van der Waals surface area contributed by atoms with Crippen LogP contribution in [0.3, 0.4) is 0 Å². The van der Waals surface area contributed by atoms with Crippen molar-refractivity contribution in [1.29, 1.82) is 5.41 Å². The minimum absolute atomic E-state index is 0. The number of nitrogens with two attached hydrogens (primary N) is 2. The van der Waals surface area contributed by atoms with Gasteiger partial charge in [0, 0.05) is 6.54 Å². The molecule has 7 heteroatoms. The molecule has 0 rings (SSSR count). The molecule has 0 amide bonds. The van der Waals surface area contributed by atoms with E-state index in [-0.39, 0.29) is 43.2 Å². The van der Waals surface area contributed by atoms with Crippen LogP contribution in [0.4, 0.5) is 0 Å². The predicted molar refractivity (Wildman–Crippen MR) is 74.0 cm³/mol. The fraction of sp³-hybridized carbons (Fsp3) is 0.700. The van der Waals surface area contributed by atoms with E-state index in [1.807, 2.05) is 0 Å². The van der Waals surface area contributed by atoms with Gasteiger partial charge in [0.25, 0.3) is 0 Å². The van der Waals surface area contributed by atoms with Crippen molar-refractivity contribution >= 4 is 24.3 Å². The summed E-state index contributed by atoms with van der Waals surface area (Å²) in [7, 11) is 0. The van der Waals surface area contributed by atoms with E-state index < -0.39 is 0 Å². The molecule has 0 radical (unpaired) electrons. The van der Waals surface area contributed by atoms with Crippen molar-refractivity contribution in [2.24, 2.45) is 16.5 Å². The summed E-state index contributed by atoms with van der Waals surface area (Å²) in [6, 6.07) is 0. The Labute approximate surface area is 123 Å². The van der Waals surface area contributed by atoms with Crippen molar-refractivity contribution < 1.29 is 18.9 Å². The molecule has 0 saturated carbocycles. The molecule has 0 heterocycles. The topological polar surface area (TPSA) is 100 Å². The largest absolute Gasteiger partial charge is 1.00 e. The Bertz CT molecular complexity index is 186. The van der Waals surface area contributed by atoms with Crippen LogP contribution >= 0.6 is 12.4 Å². The molecule has 0 aromatic carbocycles. The third kappa shape index (κ3) is 31.3. The molecule has 0 saturated heterocycles. The number of nitrogens with zero attached hydrogens (tertiary/aromatic N) is 1. The van der Waals surface area contributed by atoms with Gasteiger partial charge in [-0.1, -0.05) is 26.7 Å². The van der Waals surface area contributed by atoms with Crippen molar-refractivity contribution in [3.63, 3.8) is 0 Å². The number of rotatable bonds is 4. The number of nitrogens with one attached hydrogen (secondary N) is 2. The van der Waals surface area contributed by atoms with Gasteiger partial charge in [0.05, 0.1) is 0 Å². The summed E-state index contributed by atoms with van der Waals surface area (Å²) in [5.74, 6) is 0.0358. The zero-order chi connectivity index (χ0) is 12.1. The molecule has 0 aromatic rings. The van der Waals surface area contributed by atoms with Crippen molar-refractivity contribution in [3.05, 3.63) is 6.92 Å². The summed E-state index contributed by atoms with van der Waals surface area (Å²) in [5, 5.41) is 9.20. The molecule has 0 atom stereocenters. The molecule has 0 unspecified atom stereocenters. The van der Waals surface area contributed by atoms with Gasteiger partial charge in [-0.25, -0.2) is 0 Å². The fourth-order valence-electron chi connectivity index (χ4n) is 0.535. The van der Waals surface area contributed by atoms with Crippen LogP contribution in [-0.4, -0.2) is 18.5 Å². The molecule has 6 N–H and O–H groups in total. The Morgan fingerprint density at radius 3 is 2.06 bits per heavy atom. The first-order valence-electron chi connectivity index (χ1n) is 5.28. The summed E-state index contributed by atoms with van der Waals surface area (Å²) in [6.07, 6.45) is 4.36. The molecule has 0 aromatic heterocycles. The molecule has 0 aliphatic heterocycles. The maximum absolute atomic E-state index is 6.81. The summed E-state index contributed by atoms with van der Waals surface area (Å²) >= 11 is 0. The van der Waals surface area contributed by atoms with Crippen LogP contribution in [0.15, 0.2) is 4.99 Å². The first kappa shape index (κ1) is 25.5. The van der Waals surface area contributed by atoms with E-state index in [0.717, 1.165) is 19.3 Å². The number of aliphatic imine (C=N–C) groups is 1. The van der Waals surface area contributed by atoms with Crippen LogP contribution in [0, 0.1) is 12.3 Å². The van der Waals surface area contributed by atoms with Crippen LogP contribution in [0.1, 0.15) is 39.5 Å². The standard InChI is InChI=1S/C6H15N5.C4H9.ClH.Li/c1-2-3-4-10-6(9)11-5(7)8;1-3-4-2;;/h2-4H2,1H3,(H6,7,8,9,10,11);1,3-4H2,2H3;1H;/q;-1;;+1.